The minimum absolute atomic E-state index is 0.181. The second-order valence-corrected chi connectivity index (χ2v) is 10.4. The highest BCUT2D eigenvalue weighted by molar-refractivity contribution is 7.23. The summed E-state index contributed by atoms with van der Waals surface area (Å²) in [7, 11) is 0. The molecule has 0 unspecified atom stereocenters. The molecule has 0 spiro atoms. The quantitative estimate of drug-likeness (QED) is 0.302. The number of nitrogens with one attached hydrogen (secondary N) is 1. The molecule has 0 bridgehead atoms. The Kier molecular flexibility index (Phi) is 4.67. The van der Waals surface area contributed by atoms with Crippen molar-refractivity contribution in [1.29, 1.82) is 0 Å². The first kappa shape index (κ1) is 18.8. The highest BCUT2D eigenvalue weighted by atomic mass is 35.5. The van der Waals surface area contributed by atoms with Gasteiger partial charge in [0.1, 0.15) is 14.9 Å². The molecule has 0 aliphatic rings. The van der Waals surface area contributed by atoms with E-state index in [1.165, 1.54) is 11.3 Å². The van der Waals surface area contributed by atoms with E-state index in [2.05, 4.69) is 25.2 Å². The van der Waals surface area contributed by atoms with Gasteiger partial charge in [-0.2, -0.15) is 0 Å². The molecule has 3 aromatic heterocycles. The molecule has 0 atom stereocenters. The molecule has 7 heteroatoms. The molecule has 0 saturated heterocycles. The zero-order valence-corrected chi connectivity index (χ0v) is 18.8. The molecule has 0 aliphatic heterocycles. The SMILES string of the molecule is Cc1sc(NC(=O)c2sc3ccccc3c2Cl)c(-c2nc3ccccc3s2)c1C. The zero-order valence-electron chi connectivity index (χ0n) is 15.6. The van der Waals surface area contributed by atoms with Crippen LogP contribution >= 0.6 is 45.6 Å². The largest absolute Gasteiger partial charge is 0.312 e. The van der Waals surface area contributed by atoms with E-state index in [1.807, 2.05) is 42.5 Å². The third kappa shape index (κ3) is 3.16. The second kappa shape index (κ2) is 7.22. The number of thiazole rings is 1. The summed E-state index contributed by atoms with van der Waals surface area (Å²) in [5.41, 5.74) is 3.12. The van der Waals surface area contributed by atoms with Crippen LogP contribution in [-0.4, -0.2) is 10.9 Å². The number of fused-ring (bicyclic) bond motifs is 2. The number of rotatable bonds is 3. The molecule has 1 amide bonds. The number of amides is 1. The topological polar surface area (TPSA) is 42.0 Å². The van der Waals surface area contributed by atoms with Gasteiger partial charge in [0.05, 0.1) is 15.2 Å². The summed E-state index contributed by atoms with van der Waals surface area (Å²) in [6.07, 6.45) is 0. The molecule has 2 aromatic carbocycles. The highest BCUT2D eigenvalue weighted by Crippen LogP contribution is 2.44. The van der Waals surface area contributed by atoms with E-state index in [0.29, 0.717) is 9.90 Å². The molecule has 5 aromatic rings. The number of anilines is 1. The molecule has 0 saturated carbocycles. The van der Waals surface area contributed by atoms with Gasteiger partial charge in [-0.25, -0.2) is 4.98 Å². The van der Waals surface area contributed by atoms with Gasteiger partial charge < -0.3 is 5.32 Å². The number of carbonyl (C=O) groups is 1. The van der Waals surface area contributed by atoms with Gasteiger partial charge in [0, 0.05) is 20.5 Å². The van der Waals surface area contributed by atoms with Crippen molar-refractivity contribution in [3.05, 3.63) is 68.9 Å². The lowest BCUT2D eigenvalue weighted by molar-refractivity contribution is 0.103. The van der Waals surface area contributed by atoms with Gasteiger partial charge in [-0.1, -0.05) is 41.9 Å². The van der Waals surface area contributed by atoms with Crippen LogP contribution in [0.15, 0.2) is 48.5 Å². The number of aryl methyl sites for hydroxylation is 1. The Balaban J connectivity index is 1.57. The number of halogens is 1. The van der Waals surface area contributed by atoms with Crippen molar-refractivity contribution in [2.24, 2.45) is 0 Å². The molecule has 0 fully saturated rings. The van der Waals surface area contributed by atoms with Crippen LogP contribution in [0.5, 0.6) is 0 Å². The number of hydrogen-bond donors (Lipinski definition) is 1. The Labute approximate surface area is 184 Å². The lowest BCUT2D eigenvalue weighted by Crippen LogP contribution is -2.10. The molecular formula is C22H15ClN2OS3. The summed E-state index contributed by atoms with van der Waals surface area (Å²) in [6.45, 7) is 4.15. The van der Waals surface area contributed by atoms with Crippen LogP contribution in [0.2, 0.25) is 5.02 Å². The average Bonchev–Trinajstić information content (AvgIpc) is 3.36. The molecule has 3 nitrogen and oxygen atoms in total. The van der Waals surface area contributed by atoms with Gasteiger partial charge in [-0.05, 0) is 37.6 Å². The highest BCUT2D eigenvalue weighted by Gasteiger charge is 2.22. The van der Waals surface area contributed by atoms with Crippen LogP contribution in [0.25, 0.3) is 30.9 Å². The number of para-hydroxylation sites is 1. The van der Waals surface area contributed by atoms with Crippen molar-refractivity contribution in [2.45, 2.75) is 13.8 Å². The molecule has 0 radical (unpaired) electrons. The number of carbonyl (C=O) groups excluding carboxylic acids is 1. The Morgan fingerprint density at radius 3 is 2.45 bits per heavy atom. The number of hydrogen-bond acceptors (Lipinski definition) is 5. The molecule has 1 N–H and O–H groups in total. The summed E-state index contributed by atoms with van der Waals surface area (Å²) in [5, 5.41) is 6.26. The predicted molar refractivity (Wildman–Crippen MR) is 127 cm³/mol. The van der Waals surface area contributed by atoms with Crippen LogP contribution in [0.1, 0.15) is 20.1 Å². The Morgan fingerprint density at radius 1 is 0.966 bits per heavy atom. The van der Waals surface area contributed by atoms with E-state index >= 15 is 0 Å². The number of nitrogens with zero attached hydrogens (tertiary/aromatic N) is 1. The van der Waals surface area contributed by atoms with Crippen molar-refractivity contribution in [3.8, 4) is 10.6 Å². The lowest BCUT2D eigenvalue weighted by Gasteiger charge is -2.05. The third-order valence-corrected chi connectivity index (χ3v) is 8.71. The van der Waals surface area contributed by atoms with Crippen LogP contribution < -0.4 is 5.32 Å². The molecular weight excluding hydrogens is 440 g/mol. The minimum atomic E-state index is -0.181. The maximum Gasteiger partial charge on any atom is 0.267 e. The Bertz CT molecular complexity index is 1360. The normalized spacial score (nSPS) is 11.4. The summed E-state index contributed by atoms with van der Waals surface area (Å²) in [5.74, 6) is -0.181. The molecule has 144 valence electrons. The van der Waals surface area contributed by atoms with Crippen molar-refractivity contribution < 1.29 is 4.79 Å². The van der Waals surface area contributed by atoms with Crippen LogP contribution in [0, 0.1) is 13.8 Å². The Hall–Kier alpha value is -2.25. The third-order valence-electron chi connectivity index (χ3n) is 4.86. The maximum absolute atomic E-state index is 13.1. The van der Waals surface area contributed by atoms with E-state index in [-0.39, 0.29) is 5.91 Å². The van der Waals surface area contributed by atoms with Gasteiger partial charge in [0.2, 0.25) is 0 Å². The van der Waals surface area contributed by atoms with Crippen LogP contribution in [-0.2, 0) is 0 Å². The van der Waals surface area contributed by atoms with E-state index in [4.69, 9.17) is 16.6 Å². The minimum Gasteiger partial charge on any atom is -0.312 e. The fourth-order valence-electron chi connectivity index (χ4n) is 3.27. The van der Waals surface area contributed by atoms with E-state index in [9.17, 15) is 4.79 Å². The molecule has 3 heterocycles. The Morgan fingerprint density at radius 2 is 1.69 bits per heavy atom. The van der Waals surface area contributed by atoms with E-state index in [0.717, 1.165) is 46.3 Å². The van der Waals surface area contributed by atoms with Gasteiger partial charge in [-0.3, -0.25) is 4.79 Å². The summed E-state index contributed by atoms with van der Waals surface area (Å²) in [6, 6.07) is 15.9. The smallest absolute Gasteiger partial charge is 0.267 e. The second-order valence-electron chi connectivity index (χ2n) is 6.67. The van der Waals surface area contributed by atoms with Gasteiger partial charge in [-0.15, -0.1) is 34.0 Å². The van der Waals surface area contributed by atoms with Crippen molar-refractivity contribution >= 4 is 76.8 Å². The average molecular weight is 455 g/mol. The summed E-state index contributed by atoms with van der Waals surface area (Å²) < 4.78 is 2.14. The van der Waals surface area contributed by atoms with Crippen LogP contribution in [0.4, 0.5) is 5.00 Å². The van der Waals surface area contributed by atoms with Gasteiger partial charge >= 0.3 is 0 Å². The standard InChI is InChI=1S/C22H15ClN2OS3/c1-11-12(2)27-22(17(11)21-24-14-8-4-6-10-16(14)29-21)25-20(26)19-18(23)13-7-3-5-9-15(13)28-19/h3-10H,1-2H3,(H,25,26). The summed E-state index contributed by atoms with van der Waals surface area (Å²) in [4.78, 5) is 19.6. The number of benzene rings is 2. The van der Waals surface area contributed by atoms with E-state index < -0.39 is 0 Å². The van der Waals surface area contributed by atoms with E-state index in [1.54, 1.807) is 22.7 Å². The van der Waals surface area contributed by atoms with Gasteiger partial charge in [0.25, 0.3) is 5.91 Å². The monoisotopic (exact) mass is 454 g/mol. The fourth-order valence-corrected chi connectivity index (χ4v) is 6.88. The van der Waals surface area contributed by atoms with Crippen molar-refractivity contribution in [3.63, 3.8) is 0 Å². The summed E-state index contributed by atoms with van der Waals surface area (Å²) >= 11 is 11.1. The number of aromatic nitrogens is 1. The predicted octanol–water partition coefficient (Wildman–Crippen LogP) is 7.76. The number of thiophene rings is 2. The molecule has 5 rings (SSSR count). The first-order chi connectivity index (χ1) is 14.0. The first-order valence-corrected chi connectivity index (χ1v) is 11.8. The van der Waals surface area contributed by atoms with Crippen LogP contribution in [0.3, 0.4) is 0 Å². The lowest BCUT2D eigenvalue weighted by atomic mass is 10.1. The first-order valence-electron chi connectivity index (χ1n) is 8.97. The fraction of sp³-hybridized carbons (Fsp3) is 0.0909. The molecule has 29 heavy (non-hydrogen) atoms. The molecule has 0 aliphatic carbocycles. The maximum atomic E-state index is 13.1. The van der Waals surface area contributed by atoms with Crippen molar-refractivity contribution in [2.75, 3.05) is 5.32 Å². The van der Waals surface area contributed by atoms with Gasteiger partial charge in [0.15, 0.2) is 0 Å². The van der Waals surface area contributed by atoms with Crippen molar-refractivity contribution in [1.82, 2.24) is 4.98 Å². The zero-order chi connectivity index (χ0) is 20.1.